The average Bonchev–Trinajstić information content (AvgIpc) is 2.46. The SMILES string of the molecule is CC(=O)c1ccc(OCC(=O)Cc2ccccc2)cc1. The molecule has 0 saturated carbocycles. The molecule has 0 aromatic heterocycles. The molecule has 102 valence electrons. The molecule has 3 nitrogen and oxygen atoms in total. The standard InChI is InChI=1S/C17H16O3/c1-13(18)15-7-9-17(10-8-15)20-12-16(19)11-14-5-3-2-4-6-14/h2-10H,11-12H2,1H3. The van der Waals surface area contributed by atoms with Crippen LogP contribution in [0.3, 0.4) is 0 Å². The lowest BCUT2D eigenvalue weighted by Crippen LogP contribution is -2.13. The summed E-state index contributed by atoms with van der Waals surface area (Å²) in [6.07, 6.45) is 0.367. The number of carbonyl (C=O) groups excluding carboxylic acids is 2. The second-order valence-corrected chi connectivity index (χ2v) is 4.57. The smallest absolute Gasteiger partial charge is 0.174 e. The van der Waals surface area contributed by atoms with Crippen molar-refractivity contribution in [3.8, 4) is 5.75 Å². The lowest BCUT2D eigenvalue weighted by Gasteiger charge is -2.06. The van der Waals surface area contributed by atoms with Crippen LogP contribution >= 0.6 is 0 Å². The fourth-order valence-electron chi connectivity index (χ4n) is 1.82. The fraction of sp³-hybridized carbons (Fsp3) is 0.176. The largest absolute Gasteiger partial charge is 0.486 e. The van der Waals surface area contributed by atoms with Gasteiger partial charge in [0, 0.05) is 12.0 Å². The van der Waals surface area contributed by atoms with Gasteiger partial charge in [-0.15, -0.1) is 0 Å². The highest BCUT2D eigenvalue weighted by molar-refractivity contribution is 5.94. The Labute approximate surface area is 118 Å². The Balaban J connectivity index is 1.85. The molecular weight excluding hydrogens is 252 g/mol. The molecule has 0 aliphatic rings. The van der Waals surface area contributed by atoms with Gasteiger partial charge in [-0.05, 0) is 36.8 Å². The molecule has 0 saturated heterocycles. The van der Waals surface area contributed by atoms with Crippen molar-refractivity contribution in [2.24, 2.45) is 0 Å². The molecular formula is C17H16O3. The molecule has 0 heterocycles. The minimum Gasteiger partial charge on any atom is -0.486 e. The minimum atomic E-state index is 0.0108. The van der Waals surface area contributed by atoms with E-state index in [1.165, 1.54) is 6.92 Å². The third-order valence-corrected chi connectivity index (χ3v) is 2.90. The Morgan fingerprint density at radius 2 is 1.60 bits per heavy atom. The molecule has 0 radical (unpaired) electrons. The second-order valence-electron chi connectivity index (χ2n) is 4.57. The number of ketones is 2. The highest BCUT2D eigenvalue weighted by atomic mass is 16.5. The van der Waals surface area contributed by atoms with Gasteiger partial charge in [0.2, 0.25) is 0 Å². The molecule has 0 bridgehead atoms. The molecule has 0 amide bonds. The number of Topliss-reactive ketones (excluding diaryl/α,β-unsaturated/α-hetero) is 2. The predicted octanol–water partition coefficient (Wildman–Crippen LogP) is 3.08. The molecule has 0 aliphatic carbocycles. The summed E-state index contributed by atoms with van der Waals surface area (Å²) in [7, 11) is 0. The van der Waals surface area contributed by atoms with E-state index in [9.17, 15) is 9.59 Å². The van der Waals surface area contributed by atoms with Crippen molar-refractivity contribution in [3.05, 3.63) is 65.7 Å². The van der Waals surface area contributed by atoms with Gasteiger partial charge in [0.1, 0.15) is 12.4 Å². The zero-order chi connectivity index (χ0) is 14.4. The predicted molar refractivity (Wildman–Crippen MR) is 77.1 cm³/mol. The summed E-state index contributed by atoms with van der Waals surface area (Å²) >= 11 is 0. The van der Waals surface area contributed by atoms with E-state index in [0.717, 1.165) is 5.56 Å². The van der Waals surface area contributed by atoms with Crippen molar-refractivity contribution in [1.29, 1.82) is 0 Å². The van der Waals surface area contributed by atoms with E-state index in [0.29, 0.717) is 17.7 Å². The first-order chi connectivity index (χ1) is 9.65. The van der Waals surface area contributed by atoms with Crippen LogP contribution in [0.4, 0.5) is 0 Å². The van der Waals surface area contributed by atoms with Gasteiger partial charge in [-0.2, -0.15) is 0 Å². The maximum absolute atomic E-state index is 11.8. The summed E-state index contributed by atoms with van der Waals surface area (Å²) in [6, 6.07) is 16.4. The molecule has 20 heavy (non-hydrogen) atoms. The topological polar surface area (TPSA) is 43.4 Å². The zero-order valence-electron chi connectivity index (χ0n) is 11.3. The summed E-state index contributed by atoms with van der Waals surface area (Å²) in [5.74, 6) is 0.625. The van der Waals surface area contributed by atoms with E-state index in [4.69, 9.17) is 4.74 Å². The number of carbonyl (C=O) groups is 2. The van der Waals surface area contributed by atoms with Crippen LogP contribution in [0, 0.1) is 0 Å². The van der Waals surface area contributed by atoms with Gasteiger partial charge in [0.15, 0.2) is 11.6 Å². The van der Waals surface area contributed by atoms with Gasteiger partial charge >= 0.3 is 0 Å². The van der Waals surface area contributed by atoms with Crippen molar-refractivity contribution >= 4 is 11.6 Å². The molecule has 0 aliphatic heterocycles. The van der Waals surface area contributed by atoms with Crippen LogP contribution < -0.4 is 4.74 Å². The summed E-state index contributed by atoms with van der Waals surface area (Å²) in [6.45, 7) is 1.55. The van der Waals surface area contributed by atoms with Crippen molar-refractivity contribution in [3.63, 3.8) is 0 Å². The molecule has 3 heteroatoms. The maximum Gasteiger partial charge on any atom is 0.174 e. The van der Waals surface area contributed by atoms with E-state index in [1.54, 1.807) is 24.3 Å². The number of benzene rings is 2. The minimum absolute atomic E-state index is 0.0108. The highest BCUT2D eigenvalue weighted by Gasteiger charge is 2.05. The van der Waals surface area contributed by atoms with E-state index in [1.807, 2.05) is 30.3 Å². The Morgan fingerprint density at radius 3 is 2.20 bits per heavy atom. The molecule has 0 fully saturated rings. The normalized spacial score (nSPS) is 10.1. The van der Waals surface area contributed by atoms with E-state index in [2.05, 4.69) is 0 Å². The van der Waals surface area contributed by atoms with E-state index >= 15 is 0 Å². The van der Waals surface area contributed by atoms with Crippen molar-refractivity contribution in [2.75, 3.05) is 6.61 Å². The van der Waals surface area contributed by atoms with Gasteiger partial charge in [-0.25, -0.2) is 0 Å². The average molecular weight is 268 g/mol. The van der Waals surface area contributed by atoms with Crippen LogP contribution in [-0.4, -0.2) is 18.2 Å². The fourth-order valence-corrected chi connectivity index (χ4v) is 1.82. The van der Waals surface area contributed by atoms with Crippen LogP contribution in [0.15, 0.2) is 54.6 Å². The van der Waals surface area contributed by atoms with Crippen LogP contribution in [-0.2, 0) is 11.2 Å². The van der Waals surface area contributed by atoms with Crippen LogP contribution in [0.5, 0.6) is 5.75 Å². The first kappa shape index (κ1) is 14.0. The Morgan fingerprint density at radius 1 is 0.950 bits per heavy atom. The second kappa shape index (κ2) is 6.66. The van der Waals surface area contributed by atoms with Crippen molar-refractivity contribution < 1.29 is 14.3 Å². The van der Waals surface area contributed by atoms with Gasteiger partial charge < -0.3 is 4.74 Å². The van der Waals surface area contributed by atoms with Crippen LogP contribution in [0.25, 0.3) is 0 Å². The number of hydrogen-bond donors (Lipinski definition) is 0. The van der Waals surface area contributed by atoms with E-state index < -0.39 is 0 Å². The first-order valence-electron chi connectivity index (χ1n) is 6.44. The molecule has 2 aromatic rings. The number of hydrogen-bond acceptors (Lipinski definition) is 3. The highest BCUT2D eigenvalue weighted by Crippen LogP contribution is 2.12. The van der Waals surface area contributed by atoms with Gasteiger partial charge in [-0.1, -0.05) is 30.3 Å². The monoisotopic (exact) mass is 268 g/mol. The molecule has 2 rings (SSSR count). The van der Waals surface area contributed by atoms with Gasteiger partial charge in [-0.3, -0.25) is 9.59 Å². The molecule has 0 N–H and O–H groups in total. The molecule has 2 aromatic carbocycles. The third-order valence-electron chi connectivity index (χ3n) is 2.90. The van der Waals surface area contributed by atoms with Crippen LogP contribution in [0.2, 0.25) is 0 Å². The Bertz CT molecular complexity index is 585. The first-order valence-corrected chi connectivity index (χ1v) is 6.44. The van der Waals surface area contributed by atoms with Crippen molar-refractivity contribution in [2.45, 2.75) is 13.3 Å². The van der Waals surface area contributed by atoms with Gasteiger partial charge in [0.25, 0.3) is 0 Å². The summed E-state index contributed by atoms with van der Waals surface area (Å²) in [5.41, 5.74) is 1.61. The maximum atomic E-state index is 11.8. The lowest BCUT2D eigenvalue weighted by atomic mass is 10.1. The van der Waals surface area contributed by atoms with Crippen LogP contribution in [0.1, 0.15) is 22.8 Å². The molecule has 0 unspecified atom stereocenters. The molecule has 0 atom stereocenters. The van der Waals surface area contributed by atoms with Crippen molar-refractivity contribution in [1.82, 2.24) is 0 Å². The summed E-state index contributed by atoms with van der Waals surface area (Å²) in [4.78, 5) is 22.9. The molecule has 0 spiro atoms. The zero-order valence-corrected chi connectivity index (χ0v) is 11.3. The lowest BCUT2D eigenvalue weighted by molar-refractivity contribution is -0.120. The summed E-state index contributed by atoms with van der Waals surface area (Å²) < 4.78 is 5.41. The van der Waals surface area contributed by atoms with Gasteiger partial charge in [0.05, 0.1) is 0 Å². The number of ether oxygens (including phenoxy) is 1. The number of rotatable bonds is 6. The van der Waals surface area contributed by atoms with E-state index in [-0.39, 0.29) is 18.2 Å². The quantitative estimate of drug-likeness (QED) is 0.756. The third kappa shape index (κ3) is 4.05. The summed E-state index contributed by atoms with van der Waals surface area (Å²) in [5, 5.41) is 0. The Hall–Kier alpha value is -2.42. The Kier molecular flexibility index (Phi) is 4.66.